The van der Waals surface area contributed by atoms with Crippen LogP contribution in [0.5, 0.6) is 0 Å². The van der Waals surface area contributed by atoms with Crippen LogP contribution in [0.3, 0.4) is 0 Å². The van der Waals surface area contributed by atoms with Gasteiger partial charge in [0, 0.05) is 19.6 Å². The van der Waals surface area contributed by atoms with Crippen LogP contribution in [-0.2, 0) is 14.3 Å². The first kappa shape index (κ1) is 22.7. The summed E-state index contributed by atoms with van der Waals surface area (Å²) in [6.07, 6.45) is 7.49. The van der Waals surface area contributed by atoms with Gasteiger partial charge in [-0.25, -0.2) is 4.79 Å². The SMILES string of the molecule is CC(C)(C)OC(=O)NCCO.NC(=O)CCCOC1CCCCC1. The lowest BCUT2D eigenvalue weighted by molar-refractivity contribution is -0.118. The molecule has 7 heteroatoms. The lowest BCUT2D eigenvalue weighted by Gasteiger charge is -2.21. The van der Waals surface area contributed by atoms with E-state index in [0.29, 0.717) is 19.1 Å². The fourth-order valence-corrected chi connectivity index (χ4v) is 2.20. The maximum Gasteiger partial charge on any atom is 0.407 e. The van der Waals surface area contributed by atoms with Crippen LogP contribution in [0.25, 0.3) is 0 Å². The molecule has 0 aromatic heterocycles. The summed E-state index contributed by atoms with van der Waals surface area (Å²) in [6, 6.07) is 0. The number of primary amides is 1. The van der Waals surface area contributed by atoms with Crippen molar-refractivity contribution < 1.29 is 24.2 Å². The first-order valence-corrected chi connectivity index (χ1v) is 8.72. The summed E-state index contributed by atoms with van der Waals surface area (Å²) in [5.74, 6) is -0.229. The van der Waals surface area contributed by atoms with E-state index in [1.807, 2.05) is 0 Å². The maximum atomic E-state index is 10.8. The van der Waals surface area contributed by atoms with E-state index in [0.717, 1.165) is 6.42 Å². The Bertz CT molecular complexity index is 349. The molecule has 1 aliphatic rings. The predicted molar refractivity (Wildman–Crippen MR) is 92.6 cm³/mol. The van der Waals surface area contributed by atoms with Crippen LogP contribution in [0.4, 0.5) is 4.79 Å². The minimum absolute atomic E-state index is 0.0702. The van der Waals surface area contributed by atoms with E-state index >= 15 is 0 Å². The van der Waals surface area contributed by atoms with Crippen molar-refractivity contribution in [2.45, 2.75) is 77.4 Å². The molecular weight excluding hydrogens is 312 g/mol. The third-order valence-corrected chi connectivity index (χ3v) is 3.25. The number of hydrogen-bond acceptors (Lipinski definition) is 5. The highest BCUT2D eigenvalue weighted by molar-refractivity contribution is 5.73. The number of carbonyl (C=O) groups excluding carboxylic acids is 2. The molecule has 7 nitrogen and oxygen atoms in total. The number of carbonyl (C=O) groups is 2. The molecule has 0 atom stereocenters. The monoisotopic (exact) mass is 346 g/mol. The Hall–Kier alpha value is -1.34. The lowest BCUT2D eigenvalue weighted by Crippen LogP contribution is -2.33. The van der Waals surface area contributed by atoms with Gasteiger partial charge in [-0.2, -0.15) is 0 Å². The van der Waals surface area contributed by atoms with Gasteiger partial charge in [0.1, 0.15) is 5.60 Å². The van der Waals surface area contributed by atoms with Gasteiger partial charge in [-0.05, 0) is 40.0 Å². The van der Waals surface area contributed by atoms with Crippen molar-refractivity contribution >= 4 is 12.0 Å². The third-order valence-electron chi connectivity index (χ3n) is 3.25. The molecule has 0 radical (unpaired) electrons. The summed E-state index contributed by atoms with van der Waals surface area (Å²) in [7, 11) is 0. The number of aliphatic hydroxyl groups excluding tert-OH is 1. The number of nitrogens with one attached hydrogen (secondary N) is 1. The minimum atomic E-state index is -0.494. The predicted octanol–water partition coefficient (Wildman–Crippen LogP) is 2.10. The second-order valence-electron chi connectivity index (χ2n) is 6.85. The molecule has 4 N–H and O–H groups in total. The number of hydrogen-bond donors (Lipinski definition) is 3. The second-order valence-corrected chi connectivity index (χ2v) is 6.85. The summed E-state index contributed by atoms with van der Waals surface area (Å²) >= 11 is 0. The molecule has 0 saturated heterocycles. The zero-order valence-corrected chi connectivity index (χ0v) is 15.3. The van der Waals surface area contributed by atoms with Crippen LogP contribution < -0.4 is 11.1 Å². The van der Waals surface area contributed by atoms with Crippen LogP contribution in [-0.4, -0.2) is 48.6 Å². The number of nitrogens with two attached hydrogens (primary N) is 1. The van der Waals surface area contributed by atoms with E-state index < -0.39 is 11.7 Å². The van der Waals surface area contributed by atoms with Gasteiger partial charge in [-0.3, -0.25) is 4.79 Å². The molecule has 0 spiro atoms. The second kappa shape index (κ2) is 13.0. The minimum Gasteiger partial charge on any atom is -0.444 e. The first-order valence-electron chi connectivity index (χ1n) is 8.72. The molecule has 1 rings (SSSR count). The van der Waals surface area contributed by atoms with Crippen LogP contribution in [0.15, 0.2) is 0 Å². The van der Waals surface area contributed by atoms with Crippen molar-refractivity contribution in [3.63, 3.8) is 0 Å². The Labute approximate surface area is 145 Å². The molecule has 0 aromatic carbocycles. The summed E-state index contributed by atoms with van der Waals surface area (Å²) in [5, 5.41) is 10.7. The van der Waals surface area contributed by atoms with Gasteiger partial charge in [0.05, 0.1) is 12.7 Å². The highest BCUT2D eigenvalue weighted by atomic mass is 16.6. The van der Waals surface area contributed by atoms with Crippen molar-refractivity contribution in [2.75, 3.05) is 19.8 Å². The molecule has 0 bridgehead atoms. The lowest BCUT2D eigenvalue weighted by atomic mass is 9.98. The molecule has 0 aliphatic heterocycles. The fraction of sp³-hybridized carbons (Fsp3) is 0.882. The van der Waals surface area contributed by atoms with Gasteiger partial charge in [0.25, 0.3) is 0 Å². The molecular formula is C17H34N2O5. The summed E-state index contributed by atoms with van der Waals surface area (Å²) in [5.41, 5.74) is 4.54. The molecule has 1 aliphatic carbocycles. The number of alkyl carbamates (subject to hydrolysis) is 1. The van der Waals surface area contributed by atoms with Crippen molar-refractivity contribution in [3.05, 3.63) is 0 Å². The van der Waals surface area contributed by atoms with Gasteiger partial charge < -0.3 is 25.6 Å². The quantitative estimate of drug-likeness (QED) is 0.611. The fourth-order valence-electron chi connectivity index (χ4n) is 2.20. The number of amides is 2. The summed E-state index contributed by atoms with van der Waals surface area (Å²) in [4.78, 5) is 21.2. The summed E-state index contributed by atoms with van der Waals surface area (Å²) < 4.78 is 10.5. The Morgan fingerprint density at radius 3 is 2.33 bits per heavy atom. The van der Waals surface area contributed by atoms with Crippen molar-refractivity contribution in [1.82, 2.24) is 5.32 Å². The molecule has 0 heterocycles. The Balaban J connectivity index is 0.000000449. The Morgan fingerprint density at radius 1 is 1.21 bits per heavy atom. The van der Waals surface area contributed by atoms with Crippen molar-refractivity contribution in [1.29, 1.82) is 0 Å². The van der Waals surface area contributed by atoms with Gasteiger partial charge in [-0.15, -0.1) is 0 Å². The normalized spacial score (nSPS) is 15.2. The standard InChI is InChI=1S/C10H19NO2.C7H15NO3/c11-10(12)7-4-8-13-9-5-2-1-3-6-9;1-7(2,3)11-6(10)8-4-5-9/h9H,1-8H2,(H2,11,12);9H,4-5H2,1-3H3,(H,8,10). The topological polar surface area (TPSA) is 111 Å². The first-order chi connectivity index (χ1) is 11.2. The van der Waals surface area contributed by atoms with Gasteiger partial charge in [0.15, 0.2) is 0 Å². The molecule has 0 aromatic rings. The molecule has 2 amide bonds. The maximum absolute atomic E-state index is 10.8. The zero-order valence-electron chi connectivity index (χ0n) is 15.3. The van der Waals surface area contributed by atoms with Gasteiger partial charge in [0.2, 0.25) is 5.91 Å². The molecule has 1 fully saturated rings. The average Bonchev–Trinajstić information content (AvgIpc) is 2.49. The third kappa shape index (κ3) is 15.6. The van der Waals surface area contributed by atoms with Crippen LogP contribution in [0.2, 0.25) is 0 Å². The highest BCUT2D eigenvalue weighted by Crippen LogP contribution is 2.20. The van der Waals surface area contributed by atoms with E-state index in [2.05, 4.69) is 5.32 Å². The van der Waals surface area contributed by atoms with Gasteiger partial charge in [-0.1, -0.05) is 19.3 Å². The van der Waals surface area contributed by atoms with E-state index in [4.69, 9.17) is 20.3 Å². The van der Waals surface area contributed by atoms with Crippen LogP contribution in [0, 0.1) is 0 Å². The zero-order chi connectivity index (χ0) is 18.4. The van der Waals surface area contributed by atoms with E-state index in [-0.39, 0.29) is 19.1 Å². The number of aliphatic hydroxyl groups is 1. The average molecular weight is 346 g/mol. The molecule has 0 unspecified atom stereocenters. The summed E-state index contributed by atoms with van der Waals surface area (Å²) in [6.45, 7) is 6.20. The van der Waals surface area contributed by atoms with E-state index in [1.54, 1.807) is 20.8 Å². The van der Waals surface area contributed by atoms with Crippen LogP contribution in [0.1, 0.15) is 65.7 Å². The molecule has 142 valence electrons. The number of ether oxygens (including phenoxy) is 2. The van der Waals surface area contributed by atoms with E-state index in [9.17, 15) is 9.59 Å². The smallest absolute Gasteiger partial charge is 0.407 e. The Kier molecular flexibility index (Phi) is 12.3. The molecule has 24 heavy (non-hydrogen) atoms. The molecule has 1 saturated carbocycles. The van der Waals surface area contributed by atoms with Crippen LogP contribution >= 0.6 is 0 Å². The Morgan fingerprint density at radius 2 is 1.83 bits per heavy atom. The van der Waals surface area contributed by atoms with Crippen molar-refractivity contribution in [2.24, 2.45) is 5.73 Å². The largest absolute Gasteiger partial charge is 0.444 e. The highest BCUT2D eigenvalue weighted by Gasteiger charge is 2.15. The number of rotatable bonds is 7. The van der Waals surface area contributed by atoms with Gasteiger partial charge >= 0.3 is 6.09 Å². The van der Waals surface area contributed by atoms with Crippen molar-refractivity contribution in [3.8, 4) is 0 Å². The van der Waals surface area contributed by atoms with E-state index in [1.165, 1.54) is 32.1 Å².